The minimum atomic E-state index is -1.00. The summed E-state index contributed by atoms with van der Waals surface area (Å²) in [6.07, 6.45) is 0. The number of nitrogens with zero attached hydrogens (tertiary/aromatic N) is 1. The van der Waals surface area contributed by atoms with Crippen molar-refractivity contribution in [2.45, 2.75) is 13.1 Å². The SMILES string of the molecule is NCc1cccc2c1c1c(OCC(=O)O)cccc1n2Cc1ccccc1. The van der Waals surface area contributed by atoms with Crippen LogP contribution < -0.4 is 10.5 Å². The van der Waals surface area contributed by atoms with Gasteiger partial charge in [-0.1, -0.05) is 48.5 Å². The Hall–Kier alpha value is -3.31. The van der Waals surface area contributed by atoms with Crippen LogP contribution in [0.3, 0.4) is 0 Å². The van der Waals surface area contributed by atoms with E-state index >= 15 is 0 Å². The monoisotopic (exact) mass is 360 g/mol. The van der Waals surface area contributed by atoms with Crippen LogP contribution in [0.2, 0.25) is 0 Å². The van der Waals surface area contributed by atoms with Gasteiger partial charge in [0.1, 0.15) is 5.75 Å². The summed E-state index contributed by atoms with van der Waals surface area (Å²) in [4.78, 5) is 11.0. The summed E-state index contributed by atoms with van der Waals surface area (Å²) in [7, 11) is 0. The van der Waals surface area contributed by atoms with Gasteiger partial charge in [-0.05, 0) is 29.3 Å². The largest absolute Gasteiger partial charge is 0.481 e. The minimum absolute atomic E-state index is 0.380. The van der Waals surface area contributed by atoms with E-state index in [1.165, 1.54) is 5.56 Å². The molecular formula is C22H20N2O3. The van der Waals surface area contributed by atoms with Crippen LogP contribution in [-0.2, 0) is 17.9 Å². The van der Waals surface area contributed by atoms with Crippen molar-refractivity contribution in [3.63, 3.8) is 0 Å². The predicted octanol–water partition coefficient (Wildman–Crippen LogP) is 3.76. The molecule has 0 spiro atoms. The van der Waals surface area contributed by atoms with Gasteiger partial charge in [-0.3, -0.25) is 0 Å². The fourth-order valence-electron chi connectivity index (χ4n) is 3.59. The lowest BCUT2D eigenvalue weighted by Crippen LogP contribution is -2.09. The van der Waals surface area contributed by atoms with Gasteiger partial charge in [0.2, 0.25) is 0 Å². The van der Waals surface area contributed by atoms with Crippen LogP contribution in [0.4, 0.5) is 0 Å². The highest BCUT2D eigenvalue weighted by Crippen LogP contribution is 2.38. The van der Waals surface area contributed by atoms with Gasteiger partial charge in [-0.25, -0.2) is 4.79 Å². The van der Waals surface area contributed by atoms with Crippen LogP contribution in [0, 0.1) is 0 Å². The third-order valence-corrected chi connectivity index (χ3v) is 4.72. The first kappa shape index (κ1) is 17.1. The van der Waals surface area contributed by atoms with Crippen LogP contribution >= 0.6 is 0 Å². The van der Waals surface area contributed by atoms with Crippen molar-refractivity contribution in [2.24, 2.45) is 5.73 Å². The number of rotatable bonds is 6. The number of hydrogen-bond acceptors (Lipinski definition) is 3. The van der Waals surface area contributed by atoms with Crippen molar-refractivity contribution in [3.8, 4) is 5.75 Å². The molecule has 0 aliphatic carbocycles. The van der Waals surface area contributed by atoms with E-state index in [9.17, 15) is 4.79 Å². The highest BCUT2D eigenvalue weighted by Gasteiger charge is 2.17. The minimum Gasteiger partial charge on any atom is -0.481 e. The number of fused-ring (bicyclic) bond motifs is 3. The van der Waals surface area contributed by atoms with Gasteiger partial charge in [0.25, 0.3) is 0 Å². The quantitative estimate of drug-likeness (QED) is 0.549. The third-order valence-electron chi connectivity index (χ3n) is 4.72. The average molecular weight is 360 g/mol. The molecular weight excluding hydrogens is 340 g/mol. The highest BCUT2D eigenvalue weighted by molar-refractivity contribution is 6.12. The van der Waals surface area contributed by atoms with Crippen LogP contribution in [-0.4, -0.2) is 22.2 Å². The van der Waals surface area contributed by atoms with Gasteiger partial charge >= 0.3 is 5.97 Å². The predicted molar refractivity (Wildman–Crippen MR) is 106 cm³/mol. The van der Waals surface area contributed by atoms with Crippen molar-refractivity contribution < 1.29 is 14.6 Å². The Morgan fingerprint density at radius 2 is 1.63 bits per heavy atom. The summed E-state index contributed by atoms with van der Waals surface area (Å²) in [5.41, 5.74) is 10.2. The molecule has 0 unspecified atom stereocenters. The molecule has 0 fully saturated rings. The summed E-state index contributed by atoms with van der Waals surface area (Å²) in [6.45, 7) is 0.724. The number of carboxylic acids is 1. The molecule has 1 heterocycles. The van der Waals surface area contributed by atoms with Crippen LogP contribution in [0.5, 0.6) is 5.75 Å². The Morgan fingerprint density at radius 1 is 0.926 bits per heavy atom. The van der Waals surface area contributed by atoms with E-state index in [1.807, 2.05) is 48.5 Å². The molecule has 0 saturated heterocycles. The Labute approximate surface area is 156 Å². The number of benzene rings is 3. The van der Waals surface area contributed by atoms with Gasteiger partial charge < -0.3 is 20.1 Å². The van der Waals surface area contributed by atoms with E-state index in [-0.39, 0.29) is 6.61 Å². The average Bonchev–Trinajstić information content (AvgIpc) is 3.01. The van der Waals surface area contributed by atoms with Crippen molar-refractivity contribution in [2.75, 3.05) is 6.61 Å². The maximum absolute atomic E-state index is 11.0. The fourth-order valence-corrected chi connectivity index (χ4v) is 3.59. The summed E-state index contributed by atoms with van der Waals surface area (Å²) in [6, 6.07) is 22.0. The Morgan fingerprint density at radius 3 is 2.33 bits per heavy atom. The molecule has 0 aliphatic rings. The molecule has 0 saturated carbocycles. The van der Waals surface area contributed by atoms with E-state index in [2.05, 4.69) is 22.8 Å². The van der Waals surface area contributed by atoms with Crippen molar-refractivity contribution in [1.82, 2.24) is 4.57 Å². The van der Waals surface area contributed by atoms with E-state index in [0.717, 1.165) is 27.4 Å². The van der Waals surface area contributed by atoms with E-state index < -0.39 is 5.97 Å². The molecule has 4 rings (SSSR count). The number of aliphatic carboxylic acids is 1. The summed E-state index contributed by atoms with van der Waals surface area (Å²) < 4.78 is 7.83. The molecule has 0 atom stereocenters. The summed E-state index contributed by atoms with van der Waals surface area (Å²) >= 11 is 0. The molecule has 27 heavy (non-hydrogen) atoms. The molecule has 5 nitrogen and oxygen atoms in total. The van der Waals surface area contributed by atoms with Crippen LogP contribution in [0.25, 0.3) is 21.8 Å². The molecule has 3 aromatic carbocycles. The Balaban J connectivity index is 1.99. The van der Waals surface area contributed by atoms with Gasteiger partial charge in [0.15, 0.2) is 6.61 Å². The normalized spacial score (nSPS) is 11.1. The zero-order valence-corrected chi connectivity index (χ0v) is 14.8. The van der Waals surface area contributed by atoms with E-state index in [4.69, 9.17) is 15.6 Å². The maximum Gasteiger partial charge on any atom is 0.341 e. The smallest absolute Gasteiger partial charge is 0.341 e. The molecule has 0 bridgehead atoms. The lowest BCUT2D eigenvalue weighted by atomic mass is 10.1. The topological polar surface area (TPSA) is 77.5 Å². The van der Waals surface area contributed by atoms with Gasteiger partial charge in [-0.15, -0.1) is 0 Å². The second-order valence-electron chi connectivity index (χ2n) is 6.42. The number of aromatic nitrogens is 1. The number of ether oxygens (including phenoxy) is 1. The van der Waals surface area contributed by atoms with Crippen molar-refractivity contribution in [1.29, 1.82) is 0 Å². The molecule has 0 radical (unpaired) electrons. The van der Waals surface area contributed by atoms with E-state index in [0.29, 0.717) is 18.8 Å². The van der Waals surface area contributed by atoms with Crippen LogP contribution in [0.1, 0.15) is 11.1 Å². The highest BCUT2D eigenvalue weighted by atomic mass is 16.5. The zero-order valence-electron chi connectivity index (χ0n) is 14.8. The number of carboxylic acid groups (broad SMARTS) is 1. The number of hydrogen-bond donors (Lipinski definition) is 2. The second kappa shape index (κ2) is 7.13. The third kappa shape index (κ3) is 3.13. The first-order valence-corrected chi connectivity index (χ1v) is 8.80. The zero-order chi connectivity index (χ0) is 18.8. The lowest BCUT2D eigenvalue weighted by Gasteiger charge is -2.09. The second-order valence-corrected chi connectivity index (χ2v) is 6.42. The molecule has 4 aromatic rings. The molecule has 136 valence electrons. The number of carbonyl (C=O) groups is 1. The van der Waals surface area contributed by atoms with Gasteiger partial charge in [0.05, 0.1) is 5.52 Å². The van der Waals surface area contributed by atoms with Gasteiger partial charge in [-0.2, -0.15) is 0 Å². The number of nitrogens with two attached hydrogens (primary N) is 1. The van der Waals surface area contributed by atoms with Crippen molar-refractivity contribution >= 4 is 27.8 Å². The fraction of sp³-hybridized carbons (Fsp3) is 0.136. The summed E-state index contributed by atoms with van der Waals surface area (Å²) in [5, 5.41) is 10.9. The van der Waals surface area contributed by atoms with Crippen molar-refractivity contribution in [3.05, 3.63) is 77.9 Å². The first-order valence-electron chi connectivity index (χ1n) is 8.80. The first-order chi connectivity index (χ1) is 13.2. The van der Waals surface area contributed by atoms with Gasteiger partial charge in [0, 0.05) is 29.4 Å². The van der Waals surface area contributed by atoms with Crippen LogP contribution in [0.15, 0.2) is 66.7 Å². The Bertz CT molecular complexity index is 1120. The summed E-state index contributed by atoms with van der Waals surface area (Å²) in [5.74, 6) is -0.438. The van der Waals surface area contributed by atoms with E-state index in [1.54, 1.807) is 0 Å². The molecule has 0 aliphatic heterocycles. The lowest BCUT2D eigenvalue weighted by molar-refractivity contribution is -0.139. The maximum atomic E-state index is 11.0. The molecule has 5 heteroatoms. The standard InChI is InChI=1S/C22H20N2O3/c23-12-16-8-4-9-17-21(16)22-18(10-5-11-19(22)27-14-20(25)26)24(17)13-15-6-2-1-3-7-15/h1-11H,12-14,23H2,(H,25,26). The molecule has 0 amide bonds. The molecule has 3 N–H and O–H groups in total. The molecule has 1 aromatic heterocycles. The Kier molecular flexibility index (Phi) is 4.52.